The molecule has 0 saturated carbocycles. The number of pyridine rings is 1. The first-order valence-corrected chi connectivity index (χ1v) is 11.3. The summed E-state index contributed by atoms with van der Waals surface area (Å²) in [5.41, 5.74) is 1.19. The number of guanidine groups is 1. The van der Waals surface area contributed by atoms with Crippen LogP contribution in [0, 0.1) is 0 Å². The molecule has 1 fully saturated rings. The van der Waals surface area contributed by atoms with E-state index < -0.39 is 0 Å². The fourth-order valence-electron chi connectivity index (χ4n) is 3.28. The highest BCUT2D eigenvalue weighted by Gasteiger charge is 2.12. The van der Waals surface area contributed by atoms with E-state index in [1.165, 1.54) is 34.7 Å². The number of rotatable bonds is 8. The average molecular weight is 401 g/mol. The molecule has 0 unspecified atom stereocenters. The minimum Gasteiger partial charge on any atom is -0.357 e. The van der Waals surface area contributed by atoms with Gasteiger partial charge in [0, 0.05) is 49.9 Å². The molecule has 1 aliphatic rings. The van der Waals surface area contributed by atoms with Crippen LogP contribution < -0.4 is 15.5 Å². The second-order valence-corrected chi connectivity index (χ2v) is 8.22. The summed E-state index contributed by atoms with van der Waals surface area (Å²) < 4.78 is 0. The van der Waals surface area contributed by atoms with Gasteiger partial charge in [-0.25, -0.2) is 15.0 Å². The zero-order valence-corrected chi connectivity index (χ0v) is 17.9. The molecule has 28 heavy (non-hydrogen) atoms. The van der Waals surface area contributed by atoms with Gasteiger partial charge in [0.25, 0.3) is 0 Å². The van der Waals surface area contributed by atoms with Crippen molar-refractivity contribution >= 4 is 23.1 Å². The molecule has 0 aromatic carbocycles. The number of nitrogens with one attached hydrogen (secondary N) is 2. The zero-order chi connectivity index (χ0) is 19.6. The van der Waals surface area contributed by atoms with Crippen LogP contribution in [0.3, 0.4) is 0 Å². The van der Waals surface area contributed by atoms with E-state index in [9.17, 15) is 0 Å². The van der Waals surface area contributed by atoms with Gasteiger partial charge < -0.3 is 15.5 Å². The van der Waals surface area contributed by atoms with Gasteiger partial charge in [0.1, 0.15) is 5.82 Å². The first-order chi connectivity index (χ1) is 13.8. The van der Waals surface area contributed by atoms with E-state index in [2.05, 4.69) is 51.5 Å². The van der Waals surface area contributed by atoms with Crippen molar-refractivity contribution in [2.24, 2.45) is 4.99 Å². The number of hydrogen-bond donors (Lipinski definition) is 2. The quantitative estimate of drug-likeness (QED) is 0.525. The molecule has 0 radical (unpaired) electrons. The molecule has 2 aromatic rings. The lowest BCUT2D eigenvalue weighted by Gasteiger charge is -2.27. The third-order valence-corrected chi connectivity index (χ3v) is 6.04. The Morgan fingerprint density at radius 1 is 1.18 bits per heavy atom. The average Bonchev–Trinajstić information content (AvgIpc) is 3.21. The van der Waals surface area contributed by atoms with Crippen molar-refractivity contribution < 1.29 is 0 Å². The Morgan fingerprint density at radius 2 is 2.04 bits per heavy atom. The Kier molecular flexibility index (Phi) is 8.08. The Bertz CT molecular complexity index is 751. The number of nitrogens with zero attached hydrogens (tertiary/aromatic N) is 4. The van der Waals surface area contributed by atoms with Crippen molar-refractivity contribution in [2.45, 2.75) is 52.5 Å². The molecule has 0 spiro atoms. The number of anilines is 1. The molecule has 152 valence electrons. The highest BCUT2D eigenvalue weighted by Crippen LogP contribution is 2.18. The lowest BCUT2D eigenvalue weighted by Crippen LogP contribution is -2.38. The van der Waals surface area contributed by atoms with Gasteiger partial charge in [0.15, 0.2) is 5.96 Å². The van der Waals surface area contributed by atoms with E-state index in [-0.39, 0.29) is 0 Å². The zero-order valence-electron chi connectivity index (χ0n) is 17.1. The van der Waals surface area contributed by atoms with Crippen molar-refractivity contribution in [1.29, 1.82) is 0 Å². The molecule has 3 rings (SSSR count). The molecular weight excluding hydrogens is 368 g/mol. The predicted molar refractivity (Wildman–Crippen MR) is 118 cm³/mol. The van der Waals surface area contributed by atoms with Crippen molar-refractivity contribution in [3.05, 3.63) is 40.0 Å². The van der Waals surface area contributed by atoms with Gasteiger partial charge in [-0.1, -0.05) is 6.92 Å². The number of aryl methyl sites for hydroxylation is 1. The summed E-state index contributed by atoms with van der Waals surface area (Å²) in [4.78, 5) is 17.5. The van der Waals surface area contributed by atoms with Crippen molar-refractivity contribution in [1.82, 2.24) is 20.6 Å². The van der Waals surface area contributed by atoms with Gasteiger partial charge in [0.2, 0.25) is 0 Å². The van der Waals surface area contributed by atoms with Crippen LogP contribution in [0.25, 0.3) is 0 Å². The molecule has 2 N–H and O–H groups in total. The summed E-state index contributed by atoms with van der Waals surface area (Å²) in [7, 11) is 0. The van der Waals surface area contributed by atoms with Gasteiger partial charge in [-0.3, -0.25) is 0 Å². The molecule has 0 aliphatic carbocycles. The molecular formula is C21H32N6S. The van der Waals surface area contributed by atoms with Gasteiger partial charge in [-0.05, 0) is 50.3 Å². The van der Waals surface area contributed by atoms with E-state index in [0.29, 0.717) is 6.54 Å². The van der Waals surface area contributed by atoms with Crippen LogP contribution in [0.4, 0.5) is 5.82 Å². The van der Waals surface area contributed by atoms with Crippen LogP contribution >= 0.6 is 11.3 Å². The maximum Gasteiger partial charge on any atom is 0.191 e. The van der Waals surface area contributed by atoms with Gasteiger partial charge in [-0.2, -0.15) is 0 Å². The Hall–Kier alpha value is -2.15. The molecule has 0 amide bonds. The van der Waals surface area contributed by atoms with Crippen molar-refractivity contribution in [3.8, 4) is 0 Å². The third-order valence-electron chi connectivity index (χ3n) is 4.84. The number of aromatic nitrogens is 2. The highest BCUT2D eigenvalue weighted by molar-refractivity contribution is 7.11. The molecule has 6 nitrogen and oxygen atoms in total. The fraction of sp³-hybridized carbons (Fsp3) is 0.571. The summed E-state index contributed by atoms with van der Waals surface area (Å²) in [6.07, 6.45) is 9.73. The topological polar surface area (TPSA) is 65.4 Å². The Balaban J connectivity index is 1.54. The maximum absolute atomic E-state index is 4.75. The van der Waals surface area contributed by atoms with E-state index in [1.807, 2.05) is 12.4 Å². The fourth-order valence-corrected chi connectivity index (χ4v) is 4.14. The monoisotopic (exact) mass is 400 g/mol. The minimum atomic E-state index is 0.649. The largest absolute Gasteiger partial charge is 0.357 e. The highest BCUT2D eigenvalue weighted by atomic mass is 32.1. The number of thiazole rings is 1. The Labute approximate surface area is 172 Å². The van der Waals surface area contributed by atoms with Crippen molar-refractivity contribution in [3.63, 3.8) is 0 Å². The molecule has 1 saturated heterocycles. The summed E-state index contributed by atoms with van der Waals surface area (Å²) in [5, 5.41) is 7.93. The van der Waals surface area contributed by atoms with E-state index in [1.54, 1.807) is 11.3 Å². The SMILES string of the molecule is CCNC(=NCc1ccnc(N2CCCCC2)c1)NCCc1ncc(CC)s1. The lowest BCUT2D eigenvalue weighted by molar-refractivity contribution is 0.573. The van der Waals surface area contributed by atoms with Crippen LogP contribution in [0.15, 0.2) is 29.5 Å². The third kappa shape index (κ3) is 6.19. The molecule has 1 aliphatic heterocycles. The second-order valence-electron chi connectivity index (χ2n) is 7.02. The van der Waals surface area contributed by atoms with Crippen LogP contribution in [0.5, 0.6) is 0 Å². The molecule has 0 atom stereocenters. The summed E-state index contributed by atoms with van der Waals surface area (Å²) >= 11 is 1.80. The number of hydrogen-bond acceptors (Lipinski definition) is 5. The summed E-state index contributed by atoms with van der Waals surface area (Å²) in [6, 6.07) is 4.24. The standard InChI is InChI=1S/C21H32N6S/c1-3-18-16-25-20(28-18)9-11-24-21(22-4-2)26-15-17-8-10-23-19(14-17)27-12-6-5-7-13-27/h8,10,14,16H,3-7,9,11-13,15H2,1-2H3,(H2,22,24,26). The minimum absolute atomic E-state index is 0.649. The number of piperidine rings is 1. The maximum atomic E-state index is 4.75. The number of aliphatic imine (C=N–C) groups is 1. The Morgan fingerprint density at radius 3 is 2.79 bits per heavy atom. The lowest BCUT2D eigenvalue weighted by atomic mass is 10.1. The van der Waals surface area contributed by atoms with Gasteiger partial charge in [0.05, 0.1) is 11.6 Å². The summed E-state index contributed by atoms with van der Waals surface area (Å²) in [5.74, 6) is 1.94. The van der Waals surface area contributed by atoms with Crippen LogP contribution in [-0.2, 0) is 19.4 Å². The molecule has 7 heteroatoms. The summed E-state index contributed by atoms with van der Waals surface area (Å²) in [6.45, 7) is 8.81. The van der Waals surface area contributed by atoms with Crippen LogP contribution in [-0.4, -0.2) is 42.1 Å². The van der Waals surface area contributed by atoms with E-state index >= 15 is 0 Å². The molecule has 0 bridgehead atoms. The van der Waals surface area contributed by atoms with Crippen molar-refractivity contribution in [2.75, 3.05) is 31.1 Å². The van der Waals surface area contributed by atoms with E-state index in [0.717, 1.165) is 50.8 Å². The second kappa shape index (κ2) is 11.0. The van der Waals surface area contributed by atoms with Gasteiger partial charge >= 0.3 is 0 Å². The molecule has 3 heterocycles. The normalized spacial score (nSPS) is 14.9. The molecule has 2 aromatic heterocycles. The smallest absolute Gasteiger partial charge is 0.191 e. The first kappa shape index (κ1) is 20.6. The van der Waals surface area contributed by atoms with Gasteiger partial charge in [-0.15, -0.1) is 11.3 Å². The first-order valence-electron chi connectivity index (χ1n) is 10.4. The van der Waals surface area contributed by atoms with Crippen LogP contribution in [0.2, 0.25) is 0 Å². The predicted octanol–water partition coefficient (Wildman–Crippen LogP) is 3.39. The van der Waals surface area contributed by atoms with E-state index in [4.69, 9.17) is 4.99 Å². The van der Waals surface area contributed by atoms with Crippen LogP contribution in [0.1, 0.15) is 48.6 Å².